The van der Waals surface area contributed by atoms with Gasteiger partial charge < -0.3 is 21.5 Å². The first kappa shape index (κ1) is 11.3. The van der Waals surface area contributed by atoms with Crippen LogP contribution in [0.4, 0.5) is 5.69 Å². The van der Waals surface area contributed by atoms with Crippen molar-refractivity contribution in [3.05, 3.63) is 24.3 Å². The Labute approximate surface area is 88.4 Å². The van der Waals surface area contributed by atoms with Gasteiger partial charge in [-0.25, -0.2) is 0 Å². The summed E-state index contributed by atoms with van der Waals surface area (Å²) < 4.78 is 5.01. The van der Waals surface area contributed by atoms with Crippen molar-refractivity contribution in [3.8, 4) is 5.75 Å². The van der Waals surface area contributed by atoms with Crippen molar-refractivity contribution >= 4 is 11.6 Å². The molecule has 15 heavy (non-hydrogen) atoms. The van der Waals surface area contributed by atoms with E-state index in [1.165, 1.54) is 0 Å². The Hall–Kier alpha value is -1.75. The minimum absolute atomic E-state index is 0.321. The molecule has 82 valence electrons. The van der Waals surface area contributed by atoms with Crippen molar-refractivity contribution in [3.63, 3.8) is 0 Å². The van der Waals surface area contributed by atoms with E-state index in [9.17, 15) is 4.79 Å². The molecule has 1 amide bonds. The van der Waals surface area contributed by atoms with Crippen molar-refractivity contribution in [1.29, 1.82) is 0 Å². The zero-order chi connectivity index (χ0) is 11.3. The van der Waals surface area contributed by atoms with E-state index in [-0.39, 0.29) is 0 Å². The Bertz CT molecular complexity index is 324. The van der Waals surface area contributed by atoms with E-state index in [2.05, 4.69) is 5.32 Å². The number of hydrogen-bond acceptors (Lipinski definition) is 4. The van der Waals surface area contributed by atoms with Crippen LogP contribution in [0.15, 0.2) is 24.3 Å². The third kappa shape index (κ3) is 3.47. The molecule has 0 aliphatic rings. The zero-order valence-corrected chi connectivity index (χ0v) is 8.57. The quantitative estimate of drug-likeness (QED) is 0.632. The summed E-state index contributed by atoms with van der Waals surface area (Å²) in [5.74, 6) is 0.260. The van der Waals surface area contributed by atoms with Crippen molar-refractivity contribution in [2.24, 2.45) is 11.5 Å². The van der Waals surface area contributed by atoms with Gasteiger partial charge in [0.05, 0.1) is 7.11 Å². The molecule has 0 aliphatic heterocycles. The number of nitrogens with one attached hydrogen (secondary N) is 1. The number of rotatable bonds is 5. The highest BCUT2D eigenvalue weighted by Crippen LogP contribution is 2.14. The number of carbonyl (C=O) groups is 1. The molecule has 1 atom stereocenters. The van der Waals surface area contributed by atoms with Gasteiger partial charge in [0, 0.05) is 12.2 Å². The summed E-state index contributed by atoms with van der Waals surface area (Å²) in [4.78, 5) is 10.7. The van der Waals surface area contributed by atoms with Gasteiger partial charge >= 0.3 is 0 Å². The summed E-state index contributed by atoms with van der Waals surface area (Å²) >= 11 is 0. The van der Waals surface area contributed by atoms with Gasteiger partial charge in [-0.15, -0.1) is 0 Å². The van der Waals surface area contributed by atoms with Crippen LogP contribution in [0.1, 0.15) is 0 Å². The minimum Gasteiger partial charge on any atom is -0.497 e. The summed E-state index contributed by atoms with van der Waals surface area (Å²) in [7, 11) is 1.60. The topological polar surface area (TPSA) is 90.4 Å². The number of anilines is 1. The summed E-state index contributed by atoms with van der Waals surface area (Å²) in [6.45, 7) is 0.321. The van der Waals surface area contributed by atoms with E-state index < -0.39 is 11.9 Å². The van der Waals surface area contributed by atoms with Crippen LogP contribution in [-0.2, 0) is 4.79 Å². The maximum atomic E-state index is 10.7. The number of primary amides is 1. The highest BCUT2D eigenvalue weighted by molar-refractivity contribution is 5.80. The molecule has 5 nitrogen and oxygen atoms in total. The molecule has 0 bridgehead atoms. The van der Waals surface area contributed by atoms with Crippen LogP contribution in [0.2, 0.25) is 0 Å². The van der Waals surface area contributed by atoms with Crippen LogP contribution in [0, 0.1) is 0 Å². The summed E-state index contributed by atoms with van der Waals surface area (Å²) in [6, 6.07) is 6.64. The molecule has 1 aromatic rings. The first-order valence-corrected chi connectivity index (χ1v) is 4.56. The smallest absolute Gasteiger partial charge is 0.236 e. The van der Waals surface area contributed by atoms with Crippen molar-refractivity contribution in [2.45, 2.75) is 6.04 Å². The summed E-state index contributed by atoms with van der Waals surface area (Å²) in [6.07, 6.45) is 0. The highest BCUT2D eigenvalue weighted by atomic mass is 16.5. The molecule has 0 aromatic heterocycles. The van der Waals surface area contributed by atoms with Crippen molar-refractivity contribution in [2.75, 3.05) is 19.0 Å². The maximum Gasteiger partial charge on any atom is 0.236 e. The molecule has 0 fully saturated rings. The van der Waals surface area contributed by atoms with Crippen LogP contribution < -0.4 is 21.5 Å². The number of ether oxygens (including phenoxy) is 1. The van der Waals surface area contributed by atoms with Crippen LogP contribution in [0.25, 0.3) is 0 Å². The second-order valence-electron chi connectivity index (χ2n) is 3.12. The van der Waals surface area contributed by atoms with Gasteiger partial charge in [0.2, 0.25) is 5.91 Å². The average molecular weight is 209 g/mol. The lowest BCUT2D eigenvalue weighted by molar-refractivity contribution is -0.118. The average Bonchev–Trinajstić information content (AvgIpc) is 2.26. The van der Waals surface area contributed by atoms with Gasteiger partial charge in [-0.3, -0.25) is 4.79 Å². The number of amides is 1. The monoisotopic (exact) mass is 209 g/mol. The van der Waals surface area contributed by atoms with E-state index in [1.807, 2.05) is 24.3 Å². The molecule has 0 radical (unpaired) electrons. The van der Waals surface area contributed by atoms with E-state index in [0.717, 1.165) is 11.4 Å². The molecule has 1 unspecified atom stereocenters. The Morgan fingerprint density at radius 3 is 2.53 bits per heavy atom. The van der Waals surface area contributed by atoms with Crippen LogP contribution in [0.3, 0.4) is 0 Å². The van der Waals surface area contributed by atoms with Gasteiger partial charge in [0.15, 0.2) is 0 Å². The Kier molecular flexibility index (Phi) is 3.93. The molecule has 1 rings (SSSR count). The molecular formula is C10H15N3O2. The second-order valence-corrected chi connectivity index (χ2v) is 3.12. The zero-order valence-electron chi connectivity index (χ0n) is 8.57. The molecule has 0 aliphatic carbocycles. The first-order valence-electron chi connectivity index (χ1n) is 4.56. The summed E-state index contributed by atoms with van der Waals surface area (Å²) in [5, 5.41) is 3.00. The fourth-order valence-corrected chi connectivity index (χ4v) is 1.04. The van der Waals surface area contributed by atoms with Crippen LogP contribution in [-0.4, -0.2) is 25.6 Å². The Balaban J connectivity index is 2.47. The molecular weight excluding hydrogens is 194 g/mol. The third-order valence-corrected chi connectivity index (χ3v) is 1.98. The van der Waals surface area contributed by atoms with E-state index in [1.54, 1.807) is 7.11 Å². The number of benzene rings is 1. The van der Waals surface area contributed by atoms with Gasteiger partial charge in [0.1, 0.15) is 11.8 Å². The normalized spacial score (nSPS) is 11.9. The van der Waals surface area contributed by atoms with Gasteiger partial charge in [0.25, 0.3) is 0 Å². The number of carbonyl (C=O) groups excluding carboxylic acids is 1. The third-order valence-electron chi connectivity index (χ3n) is 1.98. The van der Waals surface area contributed by atoms with Crippen molar-refractivity contribution < 1.29 is 9.53 Å². The van der Waals surface area contributed by atoms with E-state index >= 15 is 0 Å². The van der Waals surface area contributed by atoms with Gasteiger partial charge in [-0.2, -0.15) is 0 Å². The molecule has 0 heterocycles. The fraction of sp³-hybridized carbons (Fsp3) is 0.300. The first-order chi connectivity index (χ1) is 7.13. The lowest BCUT2D eigenvalue weighted by atomic mass is 10.2. The Morgan fingerprint density at radius 2 is 2.07 bits per heavy atom. The molecule has 5 heteroatoms. The predicted molar refractivity (Wildman–Crippen MR) is 58.7 cm³/mol. The molecule has 0 spiro atoms. The summed E-state index contributed by atoms with van der Waals surface area (Å²) in [5.41, 5.74) is 11.3. The van der Waals surface area contributed by atoms with E-state index in [4.69, 9.17) is 16.2 Å². The number of hydrogen-bond donors (Lipinski definition) is 3. The van der Waals surface area contributed by atoms with Gasteiger partial charge in [-0.05, 0) is 24.3 Å². The molecule has 1 aromatic carbocycles. The lowest BCUT2D eigenvalue weighted by Crippen LogP contribution is -2.41. The SMILES string of the molecule is COc1ccc(NCC(N)C(N)=O)cc1. The molecule has 5 N–H and O–H groups in total. The van der Waals surface area contributed by atoms with Crippen LogP contribution in [0.5, 0.6) is 5.75 Å². The fourth-order valence-electron chi connectivity index (χ4n) is 1.04. The standard InChI is InChI=1S/C10H15N3O2/c1-15-8-4-2-7(3-5-8)13-6-9(11)10(12)14/h2-5,9,13H,6,11H2,1H3,(H2,12,14). The van der Waals surface area contributed by atoms with Crippen LogP contribution >= 0.6 is 0 Å². The largest absolute Gasteiger partial charge is 0.497 e. The van der Waals surface area contributed by atoms with Crippen molar-refractivity contribution in [1.82, 2.24) is 0 Å². The van der Waals surface area contributed by atoms with Gasteiger partial charge in [-0.1, -0.05) is 0 Å². The molecule has 0 saturated heterocycles. The number of methoxy groups -OCH3 is 1. The second kappa shape index (κ2) is 5.21. The number of nitrogens with two attached hydrogens (primary N) is 2. The lowest BCUT2D eigenvalue weighted by Gasteiger charge is -2.10. The highest BCUT2D eigenvalue weighted by Gasteiger charge is 2.07. The minimum atomic E-state index is -0.674. The molecule has 0 saturated carbocycles. The Morgan fingerprint density at radius 1 is 1.47 bits per heavy atom. The van der Waals surface area contributed by atoms with E-state index in [0.29, 0.717) is 6.54 Å². The maximum absolute atomic E-state index is 10.7. The predicted octanol–water partition coefficient (Wildman–Crippen LogP) is -0.0803.